The third kappa shape index (κ3) is 3.64. The topological polar surface area (TPSA) is 109 Å². The highest BCUT2D eigenvalue weighted by atomic mass is 32.2. The van der Waals surface area contributed by atoms with Crippen molar-refractivity contribution in [1.29, 1.82) is 0 Å². The first kappa shape index (κ1) is 18.5. The number of rotatable bonds is 7. The van der Waals surface area contributed by atoms with Crippen LogP contribution in [0.25, 0.3) is 5.69 Å². The molecule has 10 nitrogen and oxygen atoms in total. The van der Waals surface area contributed by atoms with E-state index < -0.39 is 10.0 Å². The summed E-state index contributed by atoms with van der Waals surface area (Å²) in [5.74, 6) is 0.586. The second kappa shape index (κ2) is 7.98. The molecule has 0 radical (unpaired) electrons. The Morgan fingerprint density at radius 2 is 1.81 bits per heavy atom. The van der Waals surface area contributed by atoms with E-state index >= 15 is 0 Å². The van der Waals surface area contributed by atoms with Gasteiger partial charge in [-0.3, -0.25) is 0 Å². The average Bonchev–Trinajstić information content (AvgIpc) is 3.18. The fourth-order valence-electron chi connectivity index (χ4n) is 2.65. The summed E-state index contributed by atoms with van der Waals surface area (Å²) in [7, 11) is -3.75. The molecule has 1 aliphatic heterocycles. The molecule has 0 saturated carbocycles. The Balaban J connectivity index is 2.12. The Morgan fingerprint density at radius 1 is 1.12 bits per heavy atom. The SMILES string of the molecule is CCOc1cc(S(=O)(=O)N2CCOCC2)c(OCC)cc1-n1cnnn1. The van der Waals surface area contributed by atoms with Crippen molar-refractivity contribution in [3.05, 3.63) is 18.5 Å². The lowest BCUT2D eigenvalue weighted by Gasteiger charge is -2.27. The van der Waals surface area contributed by atoms with Gasteiger partial charge in [0.2, 0.25) is 10.0 Å². The van der Waals surface area contributed by atoms with Crippen LogP contribution in [-0.2, 0) is 14.8 Å². The fraction of sp³-hybridized carbons (Fsp3) is 0.533. The van der Waals surface area contributed by atoms with Crippen LogP contribution in [0.5, 0.6) is 11.5 Å². The van der Waals surface area contributed by atoms with Crippen molar-refractivity contribution in [3.8, 4) is 17.2 Å². The molecule has 0 aliphatic carbocycles. The molecule has 2 aromatic rings. The van der Waals surface area contributed by atoms with Crippen molar-refractivity contribution in [2.75, 3.05) is 39.5 Å². The first-order valence-electron chi connectivity index (χ1n) is 8.32. The zero-order chi connectivity index (χ0) is 18.6. The lowest BCUT2D eigenvalue weighted by molar-refractivity contribution is 0.0729. The largest absolute Gasteiger partial charge is 0.492 e. The van der Waals surface area contributed by atoms with Gasteiger partial charge in [0.25, 0.3) is 0 Å². The molecule has 11 heteroatoms. The molecule has 1 fully saturated rings. The Kier molecular flexibility index (Phi) is 5.69. The van der Waals surface area contributed by atoms with Gasteiger partial charge >= 0.3 is 0 Å². The van der Waals surface area contributed by atoms with E-state index in [9.17, 15) is 8.42 Å². The third-order valence-corrected chi connectivity index (χ3v) is 5.73. The predicted octanol–water partition coefficient (Wildman–Crippen LogP) is 0.481. The van der Waals surface area contributed by atoms with Gasteiger partial charge in [-0.2, -0.15) is 8.99 Å². The predicted molar refractivity (Wildman–Crippen MR) is 91.1 cm³/mol. The molecule has 1 aliphatic rings. The minimum absolute atomic E-state index is 0.0570. The van der Waals surface area contributed by atoms with Crippen LogP contribution in [0.4, 0.5) is 0 Å². The lowest BCUT2D eigenvalue weighted by atomic mass is 10.2. The minimum atomic E-state index is -3.75. The van der Waals surface area contributed by atoms with Gasteiger partial charge < -0.3 is 14.2 Å². The van der Waals surface area contributed by atoms with Gasteiger partial charge in [-0.05, 0) is 24.3 Å². The highest BCUT2D eigenvalue weighted by molar-refractivity contribution is 7.89. The molecule has 0 unspecified atom stereocenters. The first-order valence-corrected chi connectivity index (χ1v) is 9.76. The van der Waals surface area contributed by atoms with E-state index in [1.54, 1.807) is 13.0 Å². The molecule has 142 valence electrons. The summed E-state index contributed by atoms with van der Waals surface area (Å²) in [6, 6.07) is 3.05. The average molecular weight is 383 g/mol. The molecule has 0 atom stereocenters. The second-order valence-electron chi connectivity index (χ2n) is 5.40. The van der Waals surface area contributed by atoms with Crippen molar-refractivity contribution in [1.82, 2.24) is 24.5 Å². The molecule has 1 aromatic carbocycles. The van der Waals surface area contributed by atoms with Gasteiger partial charge in [0, 0.05) is 25.2 Å². The standard InChI is InChI=1S/C15H21N5O5S/c1-3-24-13-10-15(26(21,22)19-5-7-23-8-6-19)14(25-4-2)9-12(13)20-11-16-17-18-20/h9-11H,3-8H2,1-2H3. The van der Waals surface area contributed by atoms with Gasteiger partial charge in [-0.25, -0.2) is 8.42 Å². The Morgan fingerprint density at radius 3 is 2.42 bits per heavy atom. The maximum atomic E-state index is 13.1. The van der Waals surface area contributed by atoms with E-state index in [1.165, 1.54) is 21.4 Å². The van der Waals surface area contributed by atoms with Crippen molar-refractivity contribution < 1.29 is 22.6 Å². The van der Waals surface area contributed by atoms with Gasteiger partial charge in [-0.15, -0.1) is 5.10 Å². The van der Waals surface area contributed by atoms with Gasteiger partial charge in [0.1, 0.15) is 28.4 Å². The van der Waals surface area contributed by atoms with E-state index in [1.807, 2.05) is 6.92 Å². The van der Waals surface area contributed by atoms with Crippen LogP contribution in [0.15, 0.2) is 23.4 Å². The number of hydrogen-bond donors (Lipinski definition) is 0. The molecule has 3 rings (SSSR count). The second-order valence-corrected chi connectivity index (χ2v) is 7.31. The van der Waals surface area contributed by atoms with Crippen LogP contribution in [0.2, 0.25) is 0 Å². The summed E-state index contributed by atoms with van der Waals surface area (Å²) in [6.45, 7) is 5.61. The maximum Gasteiger partial charge on any atom is 0.247 e. The van der Waals surface area contributed by atoms with Crippen LogP contribution < -0.4 is 9.47 Å². The summed E-state index contributed by atoms with van der Waals surface area (Å²) in [5, 5.41) is 11.1. The van der Waals surface area contributed by atoms with E-state index in [4.69, 9.17) is 14.2 Å². The lowest BCUT2D eigenvalue weighted by Crippen LogP contribution is -2.40. The van der Waals surface area contributed by atoms with Crippen LogP contribution in [0.1, 0.15) is 13.8 Å². The van der Waals surface area contributed by atoms with Crippen LogP contribution >= 0.6 is 0 Å². The maximum absolute atomic E-state index is 13.1. The number of ether oxygens (including phenoxy) is 3. The van der Waals surface area contributed by atoms with Crippen LogP contribution in [0.3, 0.4) is 0 Å². The highest BCUT2D eigenvalue weighted by Gasteiger charge is 2.31. The van der Waals surface area contributed by atoms with E-state index in [0.717, 1.165) is 0 Å². The number of tetrazole rings is 1. The normalized spacial score (nSPS) is 15.8. The Hall–Kier alpha value is -2.24. The first-order chi connectivity index (χ1) is 12.6. The summed E-state index contributed by atoms with van der Waals surface area (Å²) in [6.07, 6.45) is 1.41. The molecule has 26 heavy (non-hydrogen) atoms. The van der Waals surface area contributed by atoms with Gasteiger partial charge in [0.15, 0.2) is 0 Å². The van der Waals surface area contributed by atoms with E-state index in [-0.39, 0.29) is 10.6 Å². The quantitative estimate of drug-likeness (QED) is 0.679. The molecule has 0 spiro atoms. The molecule has 0 amide bonds. The molecule has 0 N–H and O–H groups in total. The minimum Gasteiger partial charge on any atom is -0.492 e. The van der Waals surface area contributed by atoms with E-state index in [2.05, 4.69) is 15.5 Å². The Labute approximate surface area is 151 Å². The Bertz CT molecular complexity index is 834. The highest BCUT2D eigenvalue weighted by Crippen LogP contribution is 2.36. The number of nitrogens with zero attached hydrogens (tertiary/aromatic N) is 5. The molecule has 1 saturated heterocycles. The van der Waals surface area contributed by atoms with Crippen LogP contribution in [-0.4, -0.2) is 72.4 Å². The van der Waals surface area contributed by atoms with Crippen molar-refractivity contribution in [2.45, 2.75) is 18.7 Å². The summed E-state index contributed by atoms with van der Waals surface area (Å²) < 4.78 is 45.5. The number of morpholine rings is 1. The van der Waals surface area contributed by atoms with Crippen molar-refractivity contribution in [2.24, 2.45) is 0 Å². The summed E-state index contributed by atoms with van der Waals surface area (Å²) >= 11 is 0. The molecular weight excluding hydrogens is 362 g/mol. The molecule has 1 aromatic heterocycles. The number of sulfonamides is 1. The monoisotopic (exact) mass is 383 g/mol. The molecule has 2 heterocycles. The molecular formula is C15H21N5O5S. The zero-order valence-corrected chi connectivity index (χ0v) is 15.5. The number of hydrogen-bond acceptors (Lipinski definition) is 8. The van der Waals surface area contributed by atoms with E-state index in [0.29, 0.717) is 51.0 Å². The smallest absolute Gasteiger partial charge is 0.247 e. The summed E-state index contributed by atoms with van der Waals surface area (Å²) in [5.41, 5.74) is 0.501. The number of benzene rings is 1. The van der Waals surface area contributed by atoms with Crippen LogP contribution in [0, 0.1) is 0 Å². The van der Waals surface area contributed by atoms with Crippen molar-refractivity contribution >= 4 is 10.0 Å². The molecule has 0 bridgehead atoms. The number of aromatic nitrogens is 4. The zero-order valence-electron chi connectivity index (χ0n) is 14.7. The van der Waals surface area contributed by atoms with Gasteiger partial charge in [0.05, 0.1) is 26.4 Å². The van der Waals surface area contributed by atoms with Crippen molar-refractivity contribution in [3.63, 3.8) is 0 Å². The van der Waals surface area contributed by atoms with Gasteiger partial charge in [-0.1, -0.05) is 0 Å². The summed E-state index contributed by atoms with van der Waals surface area (Å²) in [4.78, 5) is 0.0570. The third-order valence-electron chi connectivity index (χ3n) is 3.81. The fourth-order valence-corrected chi connectivity index (χ4v) is 4.18.